The van der Waals surface area contributed by atoms with Gasteiger partial charge in [0.15, 0.2) is 0 Å². The number of thiophene rings is 1. The van der Waals surface area contributed by atoms with E-state index >= 15 is 0 Å². The van der Waals surface area contributed by atoms with Gasteiger partial charge in [0.25, 0.3) is 0 Å². The van der Waals surface area contributed by atoms with Crippen LogP contribution in [0.4, 0.5) is 0 Å². The van der Waals surface area contributed by atoms with Crippen LogP contribution >= 0.6 is 11.3 Å². The van der Waals surface area contributed by atoms with Crippen LogP contribution < -0.4 is 0 Å². The van der Waals surface area contributed by atoms with Crippen LogP contribution in [0.3, 0.4) is 0 Å². The van der Waals surface area contributed by atoms with Crippen LogP contribution in [0.2, 0.25) is 0 Å². The van der Waals surface area contributed by atoms with Gasteiger partial charge < -0.3 is 14.5 Å². The van der Waals surface area contributed by atoms with E-state index in [0.29, 0.717) is 19.1 Å². The predicted molar refractivity (Wildman–Crippen MR) is 104 cm³/mol. The highest BCUT2D eigenvalue weighted by atomic mass is 32.1. The molecule has 4 rings (SSSR count). The minimum atomic E-state index is 0.268. The SMILES string of the molecule is CN1CC2(CC1COCc1ccccc1)CN(C(=O)Cc1cccs1)C2. The van der Waals surface area contributed by atoms with E-state index in [4.69, 9.17) is 4.74 Å². The molecule has 1 amide bonds. The van der Waals surface area contributed by atoms with Gasteiger partial charge in [-0.1, -0.05) is 36.4 Å². The number of likely N-dealkylation sites (N-methyl/N-ethyl adjacent to an activating group) is 1. The van der Waals surface area contributed by atoms with Gasteiger partial charge in [0, 0.05) is 36.0 Å². The average molecular weight is 371 g/mol. The summed E-state index contributed by atoms with van der Waals surface area (Å²) in [6.45, 7) is 4.29. The highest BCUT2D eigenvalue weighted by molar-refractivity contribution is 7.10. The first-order valence-electron chi connectivity index (χ1n) is 9.26. The van der Waals surface area contributed by atoms with Crippen LogP contribution in [0.5, 0.6) is 0 Å². The van der Waals surface area contributed by atoms with Gasteiger partial charge in [0.05, 0.1) is 19.6 Å². The quantitative estimate of drug-likeness (QED) is 0.784. The maximum absolute atomic E-state index is 12.4. The third-order valence-electron chi connectivity index (χ3n) is 5.61. The molecule has 4 nitrogen and oxygen atoms in total. The van der Waals surface area contributed by atoms with Gasteiger partial charge in [-0.2, -0.15) is 0 Å². The smallest absolute Gasteiger partial charge is 0.227 e. The Kier molecular flexibility index (Phi) is 5.11. The van der Waals surface area contributed by atoms with Crippen molar-refractivity contribution in [1.82, 2.24) is 9.80 Å². The molecule has 0 bridgehead atoms. The number of ether oxygens (including phenoxy) is 1. The summed E-state index contributed by atoms with van der Waals surface area (Å²) in [7, 11) is 2.18. The molecular formula is C21H26N2O2S. The molecule has 2 saturated heterocycles. The average Bonchev–Trinajstić information content (AvgIpc) is 3.22. The Balaban J connectivity index is 1.23. The number of carbonyl (C=O) groups is 1. The van der Waals surface area contributed by atoms with Crippen molar-refractivity contribution in [3.05, 3.63) is 58.3 Å². The minimum absolute atomic E-state index is 0.268. The molecule has 26 heavy (non-hydrogen) atoms. The van der Waals surface area contributed by atoms with Crippen molar-refractivity contribution in [2.75, 3.05) is 33.3 Å². The predicted octanol–water partition coefficient (Wildman–Crippen LogP) is 3.04. The Morgan fingerprint density at radius 2 is 2.00 bits per heavy atom. The van der Waals surface area contributed by atoms with E-state index in [1.165, 1.54) is 5.56 Å². The standard InChI is InChI=1S/C21H26N2O2S/c1-22-14-21(11-18(22)13-25-12-17-6-3-2-4-7-17)15-23(16-21)20(24)10-19-8-5-9-26-19/h2-9,18H,10-16H2,1H3. The Hall–Kier alpha value is -1.69. The van der Waals surface area contributed by atoms with E-state index in [1.54, 1.807) is 11.3 Å². The highest BCUT2D eigenvalue weighted by Crippen LogP contribution is 2.42. The van der Waals surface area contributed by atoms with Crippen LogP contribution in [-0.4, -0.2) is 55.0 Å². The molecule has 1 aromatic carbocycles. The summed E-state index contributed by atoms with van der Waals surface area (Å²) in [5, 5.41) is 2.03. The molecule has 1 spiro atoms. The third-order valence-corrected chi connectivity index (χ3v) is 6.49. The molecule has 1 atom stereocenters. The summed E-state index contributed by atoms with van der Waals surface area (Å²) in [5.41, 5.74) is 1.50. The van der Waals surface area contributed by atoms with Crippen molar-refractivity contribution in [3.63, 3.8) is 0 Å². The molecule has 3 heterocycles. The van der Waals surface area contributed by atoms with Crippen LogP contribution in [0.15, 0.2) is 47.8 Å². The fourth-order valence-electron chi connectivity index (χ4n) is 4.29. The minimum Gasteiger partial charge on any atom is -0.375 e. The lowest BCUT2D eigenvalue weighted by Gasteiger charge is -2.48. The monoisotopic (exact) mass is 370 g/mol. The van der Waals surface area contributed by atoms with Gasteiger partial charge in [-0.15, -0.1) is 11.3 Å². The first kappa shape index (κ1) is 17.7. The number of nitrogens with zero attached hydrogens (tertiary/aromatic N) is 2. The molecular weight excluding hydrogens is 344 g/mol. The molecule has 1 aromatic heterocycles. The maximum atomic E-state index is 12.4. The van der Waals surface area contributed by atoms with E-state index in [1.807, 2.05) is 40.6 Å². The Morgan fingerprint density at radius 3 is 2.73 bits per heavy atom. The molecule has 0 saturated carbocycles. The number of benzene rings is 1. The fraction of sp³-hybridized carbons (Fsp3) is 0.476. The van der Waals surface area contributed by atoms with E-state index in [-0.39, 0.29) is 11.3 Å². The van der Waals surface area contributed by atoms with Gasteiger partial charge in [-0.05, 0) is 30.5 Å². The summed E-state index contributed by atoms with van der Waals surface area (Å²) < 4.78 is 5.96. The normalized spacial score (nSPS) is 21.9. The summed E-state index contributed by atoms with van der Waals surface area (Å²) in [4.78, 5) is 18.0. The van der Waals surface area contributed by atoms with Crippen molar-refractivity contribution in [3.8, 4) is 0 Å². The zero-order valence-electron chi connectivity index (χ0n) is 15.3. The van der Waals surface area contributed by atoms with Crippen LogP contribution in [-0.2, 0) is 22.6 Å². The number of hydrogen-bond acceptors (Lipinski definition) is 4. The molecule has 0 radical (unpaired) electrons. The highest BCUT2D eigenvalue weighted by Gasteiger charge is 2.51. The van der Waals surface area contributed by atoms with Crippen molar-refractivity contribution >= 4 is 17.2 Å². The van der Waals surface area contributed by atoms with Crippen LogP contribution in [0.1, 0.15) is 16.9 Å². The number of rotatable bonds is 6. The molecule has 138 valence electrons. The van der Waals surface area contributed by atoms with Gasteiger partial charge in [0.1, 0.15) is 0 Å². The van der Waals surface area contributed by atoms with Gasteiger partial charge in [-0.3, -0.25) is 4.79 Å². The van der Waals surface area contributed by atoms with Crippen LogP contribution in [0.25, 0.3) is 0 Å². The van der Waals surface area contributed by atoms with E-state index < -0.39 is 0 Å². The van der Waals surface area contributed by atoms with E-state index in [2.05, 4.69) is 24.1 Å². The second kappa shape index (κ2) is 7.51. The molecule has 0 N–H and O–H groups in total. The number of likely N-dealkylation sites (tertiary alicyclic amines) is 2. The van der Waals surface area contributed by atoms with Gasteiger partial charge in [0.2, 0.25) is 5.91 Å². The molecule has 2 aliphatic heterocycles. The van der Waals surface area contributed by atoms with Crippen molar-refractivity contribution in [2.45, 2.75) is 25.5 Å². The van der Waals surface area contributed by atoms with Gasteiger partial charge in [-0.25, -0.2) is 0 Å². The second-order valence-electron chi connectivity index (χ2n) is 7.78. The van der Waals surface area contributed by atoms with Crippen molar-refractivity contribution < 1.29 is 9.53 Å². The van der Waals surface area contributed by atoms with Crippen LogP contribution in [0, 0.1) is 5.41 Å². The Bertz CT molecular complexity index is 726. The van der Waals surface area contributed by atoms with Crippen molar-refractivity contribution in [2.24, 2.45) is 5.41 Å². The summed E-state index contributed by atoms with van der Waals surface area (Å²) in [6, 6.07) is 14.8. The summed E-state index contributed by atoms with van der Waals surface area (Å²) >= 11 is 1.66. The first-order valence-corrected chi connectivity index (χ1v) is 10.1. The lowest BCUT2D eigenvalue weighted by molar-refractivity contribution is -0.141. The topological polar surface area (TPSA) is 32.8 Å². The molecule has 1 unspecified atom stereocenters. The fourth-order valence-corrected chi connectivity index (χ4v) is 4.99. The second-order valence-corrected chi connectivity index (χ2v) is 8.81. The zero-order chi connectivity index (χ0) is 18.0. The Morgan fingerprint density at radius 1 is 1.19 bits per heavy atom. The lowest BCUT2D eigenvalue weighted by Crippen LogP contribution is -2.59. The largest absolute Gasteiger partial charge is 0.375 e. The number of carbonyl (C=O) groups excluding carboxylic acids is 1. The molecule has 2 aromatic rings. The summed E-state index contributed by atoms with van der Waals surface area (Å²) in [6.07, 6.45) is 1.67. The molecule has 0 aliphatic carbocycles. The van der Waals surface area contributed by atoms with Crippen molar-refractivity contribution in [1.29, 1.82) is 0 Å². The number of amides is 1. The van der Waals surface area contributed by atoms with Gasteiger partial charge >= 0.3 is 0 Å². The van der Waals surface area contributed by atoms with E-state index in [0.717, 1.165) is 37.5 Å². The number of hydrogen-bond donors (Lipinski definition) is 0. The zero-order valence-corrected chi connectivity index (χ0v) is 16.1. The molecule has 2 fully saturated rings. The Labute approximate surface area is 159 Å². The first-order chi connectivity index (χ1) is 12.6. The maximum Gasteiger partial charge on any atom is 0.227 e. The third kappa shape index (κ3) is 3.85. The lowest BCUT2D eigenvalue weighted by atomic mass is 9.77. The molecule has 2 aliphatic rings. The van der Waals surface area contributed by atoms with E-state index in [9.17, 15) is 4.79 Å². The molecule has 5 heteroatoms. The summed E-state index contributed by atoms with van der Waals surface area (Å²) in [5.74, 6) is 0.268.